The Hall–Kier alpha value is -3.01. The van der Waals surface area contributed by atoms with E-state index in [1.165, 1.54) is 42.4 Å². The zero-order chi connectivity index (χ0) is 22.5. The molecule has 1 aromatic carbocycles. The summed E-state index contributed by atoms with van der Waals surface area (Å²) in [6.45, 7) is 11.2. The summed E-state index contributed by atoms with van der Waals surface area (Å²) in [5, 5.41) is 0. The normalized spacial score (nSPS) is 19.3. The van der Waals surface area contributed by atoms with Crippen molar-refractivity contribution in [3.05, 3.63) is 77.2 Å². The van der Waals surface area contributed by atoms with E-state index in [0.29, 0.717) is 11.9 Å². The number of carbonyl (C=O) groups excluding carboxylic acids is 1. The maximum Gasteiger partial charge on any atom is 0.229 e. The molecule has 0 radical (unpaired) electrons. The fourth-order valence-electron chi connectivity index (χ4n) is 4.64. The minimum Gasteiger partial charge on any atom is -0.309 e. The average Bonchev–Trinajstić information content (AvgIpc) is 3.71. The third-order valence-electron chi connectivity index (χ3n) is 7.19. The van der Waals surface area contributed by atoms with Crippen molar-refractivity contribution in [3.63, 3.8) is 0 Å². The van der Waals surface area contributed by atoms with Crippen LogP contribution in [0.3, 0.4) is 0 Å². The van der Waals surface area contributed by atoms with Gasteiger partial charge in [0.2, 0.25) is 5.95 Å². The lowest BCUT2D eigenvalue weighted by Gasteiger charge is -2.18. The van der Waals surface area contributed by atoms with Crippen LogP contribution in [0.5, 0.6) is 0 Å². The summed E-state index contributed by atoms with van der Waals surface area (Å²) >= 11 is 0. The monoisotopic (exact) mass is 425 g/mol. The summed E-state index contributed by atoms with van der Waals surface area (Å²) in [7, 11) is 0. The Kier molecular flexibility index (Phi) is 5.11. The second kappa shape index (κ2) is 7.84. The number of hydrogen-bond acceptors (Lipinski definition) is 4. The van der Waals surface area contributed by atoms with Crippen molar-refractivity contribution in [2.75, 3.05) is 11.4 Å². The van der Waals surface area contributed by atoms with Gasteiger partial charge in [0.05, 0.1) is 0 Å². The third-order valence-corrected chi connectivity index (χ3v) is 7.19. The topological polar surface area (TPSA) is 46.1 Å². The first kappa shape index (κ1) is 20.9. The summed E-state index contributed by atoms with van der Waals surface area (Å²) < 4.78 is 0. The van der Waals surface area contributed by atoms with Gasteiger partial charge >= 0.3 is 0 Å². The Morgan fingerprint density at radius 3 is 2.47 bits per heavy atom. The van der Waals surface area contributed by atoms with E-state index < -0.39 is 0 Å². The minimum absolute atomic E-state index is 0.0858. The zero-order valence-electron chi connectivity index (χ0n) is 19.3. The molecule has 0 amide bonds. The van der Waals surface area contributed by atoms with Crippen molar-refractivity contribution in [3.8, 4) is 0 Å². The van der Waals surface area contributed by atoms with E-state index >= 15 is 0 Å². The number of fused-ring (bicyclic) bond motifs is 2. The maximum atomic E-state index is 11.9. The zero-order valence-corrected chi connectivity index (χ0v) is 19.3. The van der Waals surface area contributed by atoms with Gasteiger partial charge in [0.1, 0.15) is 0 Å². The van der Waals surface area contributed by atoms with Gasteiger partial charge in [0, 0.05) is 41.2 Å². The standard InChI is InChI=1S/C28H31N3O/c1-5-18(2)12-23(21-6-7-21)13-19(3)24-15-29-27(30-16-24)31-17-28(10-11-28)25-9-8-22(20(4)32)14-26(25)31/h8-9,12-16,21H,3,5-7,10-11,17H2,1-2,4H3/b18-12+,23-13+. The van der Waals surface area contributed by atoms with Gasteiger partial charge in [0.15, 0.2) is 5.78 Å². The minimum atomic E-state index is 0.0858. The number of hydrogen-bond donors (Lipinski definition) is 0. The molecule has 0 unspecified atom stereocenters. The van der Waals surface area contributed by atoms with Crippen LogP contribution in [0.1, 0.15) is 74.4 Å². The Morgan fingerprint density at radius 1 is 1.16 bits per heavy atom. The number of aromatic nitrogens is 2. The van der Waals surface area contributed by atoms with E-state index in [-0.39, 0.29) is 11.2 Å². The molecule has 0 N–H and O–H groups in total. The Bertz CT molecular complexity index is 1150. The highest BCUT2D eigenvalue weighted by Gasteiger charge is 2.52. The van der Waals surface area contributed by atoms with Crippen LogP contribution in [0, 0.1) is 5.92 Å². The SMILES string of the molecule is C=C(/C=C(\C=C(/C)CC)C1CC1)c1cnc(N2CC3(CC3)c3ccc(C(C)=O)cc32)nc1. The van der Waals surface area contributed by atoms with Crippen molar-refractivity contribution < 1.29 is 4.79 Å². The van der Waals surface area contributed by atoms with Gasteiger partial charge in [-0.3, -0.25) is 4.79 Å². The molecule has 0 bridgehead atoms. The van der Waals surface area contributed by atoms with Gasteiger partial charge < -0.3 is 4.90 Å². The first-order chi connectivity index (χ1) is 15.4. The summed E-state index contributed by atoms with van der Waals surface area (Å²) in [4.78, 5) is 23.6. The molecule has 2 saturated carbocycles. The molecule has 32 heavy (non-hydrogen) atoms. The van der Waals surface area contributed by atoms with Crippen molar-refractivity contribution in [2.45, 2.75) is 58.3 Å². The van der Waals surface area contributed by atoms with Crippen LogP contribution in [0.2, 0.25) is 0 Å². The van der Waals surface area contributed by atoms with Crippen LogP contribution < -0.4 is 4.90 Å². The molecule has 1 aliphatic heterocycles. The van der Waals surface area contributed by atoms with E-state index in [2.05, 4.69) is 43.5 Å². The second-order valence-electron chi connectivity index (χ2n) is 9.71. The number of carbonyl (C=O) groups is 1. The molecule has 5 rings (SSSR count). The molecule has 1 aromatic heterocycles. The molecule has 4 heteroatoms. The predicted molar refractivity (Wildman–Crippen MR) is 130 cm³/mol. The summed E-state index contributed by atoms with van der Waals surface area (Å²) in [6, 6.07) is 6.09. The fourth-order valence-corrected chi connectivity index (χ4v) is 4.64. The molecule has 3 aliphatic rings. The molecule has 0 saturated heterocycles. The Morgan fingerprint density at radius 2 is 1.88 bits per heavy atom. The number of rotatable bonds is 7. The lowest BCUT2D eigenvalue weighted by atomic mass is 9.97. The van der Waals surface area contributed by atoms with E-state index in [4.69, 9.17) is 9.97 Å². The van der Waals surface area contributed by atoms with E-state index in [9.17, 15) is 4.79 Å². The number of nitrogens with zero attached hydrogens (tertiary/aromatic N) is 3. The van der Waals surface area contributed by atoms with E-state index in [1.54, 1.807) is 6.92 Å². The van der Waals surface area contributed by atoms with Crippen molar-refractivity contribution in [1.29, 1.82) is 0 Å². The molecular weight excluding hydrogens is 394 g/mol. The van der Waals surface area contributed by atoms with Crippen LogP contribution in [-0.2, 0) is 5.41 Å². The van der Waals surface area contributed by atoms with Gasteiger partial charge in [-0.1, -0.05) is 43.4 Å². The second-order valence-corrected chi connectivity index (χ2v) is 9.71. The lowest BCUT2D eigenvalue weighted by molar-refractivity contribution is 0.101. The maximum absolute atomic E-state index is 11.9. The van der Waals surface area contributed by atoms with Gasteiger partial charge in [-0.2, -0.15) is 0 Å². The lowest BCUT2D eigenvalue weighted by Crippen LogP contribution is -2.21. The first-order valence-corrected chi connectivity index (χ1v) is 11.7. The first-order valence-electron chi connectivity index (χ1n) is 11.7. The van der Waals surface area contributed by atoms with Crippen molar-refractivity contribution in [1.82, 2.24) is 9.97 Å². The van der Waals surface area contributed by atoms with Crippen LogP contribution in [0.15, 0.2) is 60.5 Å². The number of benzene rings is 1. The van der Waals surface area contributed by atoms with Gasteiger partial charge in [-0.25, -0.2) is 9.97 Å². The average molecular weight is 426 g/mol. The molecule has 0 atom stereocenters. The molecule has 4 nitrogen and oxygen atoms in total. The fraction of sp³-hybridized carbons (Fsp3) is 0.393. The molecule has 2 aliphatic carbocycles. The molecule has 2 heterocycles. The van der Waals surface area contributed by atoms with Crippen LogP contribution in [-0.4, -0.2) is 22.3 Å². The Labute approximate surface area is 190 Å². The third kappa shape index (κ3) is 3.83. The molecule has 1 spiro atoms. The Balaban J connectivity index is 1.41. The van der Waals surface area contributed by atoms with Gasteiger partial charge in [-0.15, -0.1) is 0 Å². The molecule has 2 fully saturated rings. The van der Waals surface area contributed by atoms with E-state index in [1.807, 2.05) is 24.5 Å². The summed E-state index contributed by atoms with van der Waals surface area (Å²) in [6.07, 6.45) is 14.3. The molecule has 164 valence electrons. The highest BCUT2D eigenvalue weighted by Crippen LogP contribution is 2.57. The number of Topliss-reactive ketones (excluding diaryl/α,β-unsaturated/α-hetero) is 1. The molecular formula is C28H31N3O. The smallest absolute Gasteiger partial charge is 0.229 e. The van der Waals surface area contributed by atoms with Gasteiger partial charge in [-0.05, 0) is 74.6 Å². The van der Waals surface area contributed by atoms with E-state index in [0.717, 1.165) is 35.4 Å². The number of anilines is 2. The van der Waals surface area contributed by atoms with Crippen LogP contribution >= 0.6 is 0 Å². The highest BCUT2D eigenvalue weighted by molar-refractivity contribution is 5.96. The van der Waals surface area contributed by atoms with Crippen molar-refractivity contribution >= 4 is 23.0 Å². The number of allylic oxidation sites excluding steroid dienone is 5. The predicted octanol–water partition coefficient (Wildman–Crippen LogP) is 6.57. The molecule has 2 aromatic rings. The van der Waals surface area contributed by atoms with Crippen LogP contribution in [0.4, 0.5) is 11.6 Å². The van der Waals surface area contributed by atoms with Crippen molar-refractivity contribution in [2.24, 2.45) is 5.92 Å². The van der Waals surface area contributed by atoms with Crippen LogP contribution in [0.25, 0.3) is 5.57 Å². The summed E-state index contributed by atoms with van der Waals surface area (Å²) in [5.74, 6) is 1.45. The number of ketones is 1. The largest absolute Gasteiger partial charge is 0.309 e. The van der Waals surface area contributed by atoms with Gasteiger partial charge in [0.25, 0.3) is 0 Å². The highest BCUT2D eigenvalue weighted by atomic mass is 16.1. The summed E-state index contributed by atoms with van der Waals surface area (Å²) in [5.41, 5.74) is 8.04. The quantitative estimate of drug-likeness (QED) is 0.372.